The summed E-state index contributed by atoms with van der Waals surface area (Å²) in [7, 11) is -3.00. The third kappa shape index (κ3) is 2.96. The average Bonchev–Trinajstić information content (AvgIpc) is 2.71. The second kappa shape index (κ2) is 5.43. The minimum atomic E-state index is -3.00. The summed E-state index contributed by atoms with van der Waals surface area (Å²) in [6.45, 7) is 2.16. The van der Waals surface area contributed by atoms with Gasteiger partial charge in [0.05, 0.1) is 16.9 Å². The number of sulfone groups is 1. The Bertz CT molecular complexity index is 432. The van der Waals surface area contributed by atoms with Crippen LogP contribution in [0.3, 0.4) is 0 Å². The summed E-state index contributed by atoms with van der Waals surface area (Å²) >= 11 is 0. The van der Waals surface area contributed by atoms with Crippen molar-refractivity contribution in [2.24, 2.45) is 17.3 Å². The maximum absolute atomic E-state index is 11.7. The van der Waals surface area contributed by atoms with Gasteiger partial charge >= 0.3 is 5.97 Å². The van der Waals surface area contributed by atoms with E-state index in [2.05, 4.69) is 6.92 Å². The highest BCUT2D eigenvalue weighted by Gasteiger charge is 2.51. The lowest BCUT2D eigenvalue weighted by Gasteiger charge is -2.40. The lowest BCUT2D eigenvalue weighted by molar-refractivity contribution is -0.155. The standard InChI is InChI=1S/C14H24O4S/c1-2-3-11-4-7-14(8-5-11,13(15)16)12-6-9-19(17,18)10-12/h11-12H,2-10H2,1H3,(H,15,16). The van der Waals surface area contributed by atoms with Crippen LogP contribution in [0.1, 0.15) is 51.9 Å². The Morgan fingerprint density at radius 3 is 2.32 bits per heavy atom. The molecular formula is C14H24O4S. The van der Waals surface area contributed by atoms with Crippen LogP contribution in [0.4, 0.5) is 0 Å². The maximum Gasteiger partial charge on any atom is 0.309 e. The van der Waals surface area contributed by atoms with Gasteiger partial charge in [-0.3, -0.25) is 4.79 Å². The van der Waals surface area contributed by atoms with Crippen molar-refractivity contribution in [3.05, 3.63) is 0 Å². The van der Waals surface area contributed by atoms with Crippen molar-refractivity contribution in [2.45, 2.75) is 51.9 Å². The van der Waals surface area contributed by atoms with Crippen LogP contribution < -0.4 is 0 Å². The number of carbonyl (C=O) groups is 1. The molecule has 5 heteroatoms. The minimum Gasteiger partial charge on any atom is -0.481 e. The van der Waals surface area contributed by atoms with Gasteiger partial charge in [-0.1, -0.05) is 19.8 Å². The molecule has 1 atom stereocenters. The summed E-state index contributed by atoms with van der Waals surface area (Å²) < 4.78 is 23.2. The van der Waals surface area contributed by atoms with E-state index in [0.29, 0.717) is 25.2 Å². The van der Waals surface area contributed by atoms with Crippen LogP contribution in [-0.2, 0) is 14.6 Å². The molecule has 0 bridgehead atoms. The Kier molecular flexibility index (Phi) is 4.23. The molecule has 1 aliphatic carbocycles. The third-order valence-corrected chi connectivity index (χ3v) is 6.90. The number of rotatable bonds is 4. The van der Waals surface area contributed by atoms with Gasteiger partial charge in [0.1, 0.15) is 0 Å². The maximum atomic E-state index is 11.7. The van der Waals surface area contributed by atoms with Crippen molar-refractivity contribution >= 4 is 15.8 Å². The molecule has 1 N–H and O–H groups in total. The molecule has 4 nitrogen and oxygen atoms in total. The molecule has 1 saturated heterocycles. The molecule has 19 heavy (non-hydrogen) atoms. The smallest absolute Gasteiger partial charge is 0.309 e. The molecule has 110 valence electrons. The fraction of sp³-hybridized carbons (Fsp3) is 0.929. The second-order valence-electron chi connectivity index (χ2n) is 6.29. The fourth-order valence-corrected chi connectivity index (χ4v) is 5.83. The summed E-state index contributed by atoms with van der Waals surface area (Å²) in [6, 6.07) is 0. The Labute approximate surface area is 115 Å². The van der Waals surface area contributed by atoms with Gasteiger partial charge in [-0.15, -0.1) is 0 Å². The van der Waals surface area contributed by atoms with Crippen molar-refractivity contribution < 1.29 is 18.3 Å². The molecule has 0 aromatic rings. The predicted octanol–water partition coefficient (Wildman–Crippen LogP) is 2.48. The Morgan fingerprint density at radius 1 is 1.26 bits per heavy atom. The zero-order valence-electron chi connectivity index (χ0n) is 11.6. The molecule has 1 heterocycles. The highest BCUT2D eigenvalue weighted by Crippen LogP contribution is 2.49. The molecule has 0 spiro atoms. The minimum absolute atomic E-state index is 0.0811. The zero-order chi connectivity index (χ0) is 14.1. The molecule has 2 fully saturated rings. The average molecular weight is 288 g/mol. The first-order valence-corrected chi connectivity index (χ1v) is 9.15. The van der Waals surface area contributed by atoms with E-state index in [0.717, 1.165) is 19.3 Å². The van der Waals surface area contributed by atoms with Crippen LogP contribution in [0.25, 0.3) is 0 Å². The quantitative estimate of drug-likeness (QED) is 0.862. The van der Waals surface area contributed by atoms with Gasteiger partial charge < -0.3 is 5.11 Å². The van der Waals surface area contributed by atoms with Gasteiger partial charge in [0.15, 0.2) is 9.84 Å². The van der Waals surface area contributed by atoms with E-state index in [1.54, 1.807) is 0 Å². The van der Waals surface area contributed by atoms with E-state index < -0.39 is 21.2 Å². The number of aliphatic carboxylic acids is 1. The number of carboxylic acids is 1. The van der Waals surface area contributed by atoms with Gasteiger partial charge in [0, 0.05) is 0 Å². The molecule has 2 aliphatic rings. The summed E-state index contributed by atoms with van der Waals surface area (Å²) in [5.41, 5.74) is -0.770. The first-order valence-electron chi connectivity index (χ1n) is 7.33. The molecule has 2 rings (SSSR count). The lowest BCUT2D eigenvalue weighted by atomic mass is 9.63. The van der Waals surface area contributed by atoms with E-state index in [9.17, 15) is 18.3 Å². The van der Waals surface area contributed by atoms with E-state index in [4.69, 9.17) is 0 Å². The van der Waals surface area contributed by atoms with Crippen LogP contribution in [0.15, 0.2) is 0 Å². The number of hydrogen-bond donors (Lipinski definition) is 1. The Hall–Kier alpha value is -0.580. The summed E-state index contributed by atoms with van der Waals surface area (Å²) in [5.74, 6) is -0.0550. The molecule has 1 aliphatic heterocycles. The first kappa shape index (κ1) is 14.8. The normalized spacial score (nSPS) is 38.2. The topological polar surface area (TPSA) is 71.4 Å². The summed E-state index contributed by atoms with van der Waals surface area (Å²) in [4.78, 5) is 11.7. The van der Waals surface area contributed by atoms with Crippen molar-refractivity contribution in [3.63, 3.8) is 0 Å². The van der Waals surface area contributed by atoms with Gasteiger partial charge in [-0.25, -0.2) is 8.42 Å². The fourth-order valence-electron chi connectivity index (χ4n) is 3.92. The molecule has 0 aromatic carbocycles. The molecule has 1 saturated carbocycles. The highest BCUT2D eigenvalue weighted by molar-refractivity contribution is 7.91. The van der Waals surface area contributed by atoms with Crippen molar-refractivity contribution in [3.8, 4) is 0 Å². The SMILES string of the molecule is CCCC1CCC(C(=O)O)(C2CCS(=O)(=O)C2)CC1. The van der Waals surface area contributed by atoms with Crippen LogP contribution in [0.5, 0.6) is 0 Å². The summed E-state index contributed by atoms with van der Waals surface area (Å²) in [5, 5.41) is 9.64. The van der Waals surface area contributed by atoms with Gasteiger partial charge in [0.2, 0.25) is 0 Å². The zero-order valence-corrected chi connectivity index (χ0v) is 12.4. The largest absolute Gasteiger partial charge is 0.481 e. The van der Waals surface area contributed by atoms with Crippen molar-refractivity contribution in [1.29, 1.82) is 0 Å². The van der Waals surface area contributed by atoms with Gasteiger partial charge in [-0.05, 0) is 43.9 Å². The molecular weight excluding hydrogens is 264 g/mol. The Balaban J connectivity index is 2.11. The summed E-state index contributed by atoms with van der Waals surface area (Å²) in [6.07, 6.45) is 6.04. The Morgan fingerprint density at radius 2 is 1.89 bits per heavy atom. The van der Waals surface area contributed by atoms with Crippen LogP contribution in [-0.4, -0.2) is 31.0 Å². The van der Waals surface area contributed by atoms with Gasteiger partial charge in [0.25, 0.3) is 0 Å². The molecule has 0 amide bonds. The highest BCUT2D eigenvalue weighted by atomic mass is 32.2. The van der Waals surface area contributed by atoms with Gasteiger partial charge in [-0.2, -0.15) is 0 Å². The number of carboxylic acid groups (broad SMARTS) is 1. The first-order chi connectivity index (χ1) is 8.89. The molecule has 0 aromatic heterocycles. The van der Waals surface area contributed by atoms with Crippen molar-refractivity contribution in [1.82, 2.24) is 0 Å². The van der Waals surface area contributed by atoms with Crippen molar-refractivity contribution in [2.75, 3.05) is 11.5 Å². The van der Waals surface area contributed by atoms with E-state index in [-0.39, 0.29) is 17.4 Å². The molecule has 0 radical (unpaired) electrons. The number of hydrogen-bond acceptors (Lipinski definition) is 3. The van der Waals surface area contributed by atoms with E-state index >= 15 is 0 Å². The van der Waals surface area contributed by atoms with Crippen LogP contribution in [0.2, 0.25) is 0 Å². The monoisotopic (exact) mass is 288 g/mol. The van der Waals surface area contributed by atoms with Crippen LogP contribution >= 0.6 is 0 Å². The third-order valence-electron chi connectivity index (χ3n) is 5.13. The molecule has 1 unspecified atom stereocenters. The second-order valence-corrected chi connectivity index (χ2v) is 8.52. The van der Waals surface area contributed by atoms with Crippen LogP contribution in [0, 0.1) is 17.3 Å². The lowest BCUT2D eigenvalue weighted by Crippen LogP contribution is -2.42. The predicted molar refractivity (Wildman–Crippen MR) is 73.7 cm³/mol. The van der Waals surface area contributed by atoms with E-state index in [1.807, 2.05) is 0 Å². The van der Waals surface area contributed by atoms with E-state index in [1.165, 1.54) is 6.42 Å².